The summed E-state index contributed by atoms with van der Waals surface area (Å²) in [6, 6.07) is 6.90. The number of hydrogen-bond acceptors (Lipinski definition) is 1. The number of hydrogen-bond donors (Lipinski definition) is 0. The van der Waals surface area contributed by atoms with Crippen LogP contribution in [0.1, 0.15) is 81.8 Å². The molecule has 0 unspecified atom stereocenters. The van der Waals surface area contributed by atoms with Crippen molar-refractivity contribution in [2.75, 3.05) is 0 Å². The Hall–Kier alpha value is -2.11. The first kappa shape index (κ1) is 23.6. The lowest BCUT2D eigenvalue weighted by Crippen LogP contribution is -2.22. The average Bonchev–Trinajstić information content (AvgIpc) is 2.75. The summed E-state index contributed by atoms with van der Waals surface area (Å²) in [4.78, 5) is 0. The first-order valence-corrected chi connectivity index (χ1v) is 11.1. The van der Waals surface area contributed by atoms with Crippen molar-refractivity contribution in [3.8, 4) is 5.75 Å². The van der Waals surface area contributed by atoms with E-state index < -0.39 is 29.1 Å². The van der Waals surface area contributed by atoms with Crippen molar-refractivity contribution in [3.63, 3.8) is 0 Å². The quantitative estimate of drug-likeness (QED) is 0.216. The van der Waals surface area contributed by atoms with Crippen LogP contribution < -0.4 is 4.74 Å². The van der Waals surface area contributed by atoms with E-state index >= 15 is 0 Å². The Morgan fingerprint density at radius 1 is 0.871 bits per heavy atom. The second-order valence-electron chi connectivity index (χ2n) is 8.51. The van der Waals surface area contributed by atoms with Gasteiger partial charge in [-0.1, -0.05) is 51.2 Å². The molecule has 1 nitrogen and oxygen atoms in total. The average molecular weight is 440 g/mol. The van der Waals surface area contributed by atoms with E-state index in [1.54, 1.807) is 12.1 Å². The van der Waals surface area contributed by atoms with Crippen LogP contribution in [-0.2, 0) is 6.11 Å². The molecule has 170 valence electrons. The van der Waals surface area contributed by atoms with Crippen LogP contribution in [0, 0.1) is 23.4 Å². The van der Waals surface area contributed by atoms with E-state index in [1.165, 1.54) is 57.1 Å². The SMILES string of the molecule is CCCCCCC1CCC(c2ccc(OC(F)(F)c3cc(F)c(F)c(F)c3)cc2)CC1. The molecule has 1 saturated carbocycles. The molecule has 0 amide bonds. The van der Waals surface area contributed by atoms with E-state index in [9.17, 15) is 22.0 Å². The molecule has 0 aromatic heterocycles. The second kappa shape index (κ2) is 10.5. The van der Waals surface area contributed by atoms with Gasteiger partial charge in [-0.3, -0.25) is 0 Å². The van der Waals surface area contributed by atoms with Gasteiger partial charge in [0.1, 0.15) is 5.75 Å². The molecule has 0 spiro atoms. The van der Waals surface area contributed by atoms with Crippen molar-refractivity contribution >= 4 is 0 Å². The molecule has 0 bridgehead atoms. The topological polar surface area (TPSA) is 9.23 Å². The summed E-state index contributed by atoms with van der Waals surface area (Å²) < 4.78 is 72.9. The molecular formula is C25H29F5O. The van der Waals surface area contributed by atoms with Gasteiger partial charge in [-0.15, -0.1) is 0 Å². The Labute approximate surface area is 180 Å². The Bertz CT molecular complexity index is 818. The number of benzene rings is 2. The van der Waals surface area contributed by atoms with Crippen LogP contribution in [0.25, 0.3) is 0 Å². The molecule has 1 aliphatic rings. The maximum Gasteiger partial charge on any atom is 0.426 e. The maximum atomic E-state index is 14.3. The maximum absolute atomic E-state index is 14.3. The van der Waals surface area contributed by atoms with Crippen molar-refractivity contribution < 1.29 is 26.7 Å². The molecule has 2 aromatic carbocycles. The molecule has 1 aliphatic carbocycles. The smallest absolute Gasteiger partial charge is 0.426 e. The van der Waals surface area contributed by atoms with Gasteiger partial charge in [-0.25, -0.2) is 13.2 Å². The van der Waals surface area contributed by atoms with Gasteiger partial charge < -0.3 is 4.74 Å². The van der Waals surface area contributed by atoms with Gasteiger partial charge >= 0.3 is 6.11 Å². The molecule has 0 aliphatic heterocycles. The molecule has 0 radical (unpaired) electrons. The second-order valence-corrected chi connectivity index (χ2v) is 8.51. The molecule has 31 heavy (non-hydrogen) atoms. The summed E-state index contributed by atoms with van der Waals surface area (Å²) in [6.45, 7) is 2.21. The van der Waals surface area contributed by atoms with Crippen molar-refractivity contribution in [3.05, 3.63) is 65.0 Å². The highest BCUT2D eigenvalue weighted by Gasteiger charge is 2.36. The summed E-state index contributed by atoms with van der Waals surface area (Å²) in [5.41, 5.74) is 0.00389. The van der Waals surface area contributed by atoms with Crippen LogP contribution in [0.15, 0.2) is 36.4 Å². The summed E-state index contributed by atoms with van der Waals surface area (Å²) in [7, 11) is 0. The minimum atomic E-state index is -3.99. The summed E-state index contributed by atoms with van der Waals surface area (Å²) in [5.74, 6) is -4.10. The fraction of sp³-hybridized carbons (Fsp3) is 0.520. The van der Waals surface area contributed by atoms with Crippen LogP contribution in [-0.4, -0.2) is 0 Å². The fourth-order valence-corrected chi connectivity index (χ4v) is 4.38. The van der Waals surface area contributed by atoms with Gasteiger partial charge in [-0.2, -0.15) is 8.78 Å². The number of alkyl halides is 2. The van der Waals surface area contributed by atoms with Crippen LogP contribution in [0.2, 0.25) is 0 Å². The highest BCUT2D eigenvalue weighted by atomic mass is 19.3. The first-order valence-electron chi connectivity index (χ1n) is 11.1. The van der Waals surface area contributed by atoms with E-state index in [4.69, 9.17) is 0 Å². The lowest BCUT2D eigenvalue weighted by Gasteiger charge is -2.29. The van der Waals surface area contributed by atoms with E-state index in [0.29, 0.717) is 5.92 Å². The highest BCUT2D eigenvalue weighted by Crippen LogP contribution is 2.39. The number of halogens is 5. The van der Waals surface area contributed by atoms with Gasteiger partial charge in [0.15, 0.2) is 17.5 Å². The highest BCUT2D eigenvalue weighted by molar-refractivity contribution is 5.31. The fourth-order valence-electron chi connectivity index (χ4n) is 4.38. The first-order chi connectivity index (χ1) is 14.8. The minimum absolute atomic E-state index is 0.122. The molecule has 6 heteroatoms. The molecule has 0 heterocycles. The number of unbranched alkanes of at least 4 members (excludes halogenated alkanes) is 3. The van der Waals surface area contributed by atoms with Gasteiger partial charge in [0, 0.05) is 0 Å². The van der Waals surface area contributed by atoms with Crippen LogP contribution in [0.4, 0.5) is 22.0 Å². The van der Waals surface area contributed by atoms with Gasteiger partial charge in [-0.05, 0) is 67.3 Å². The third kappa shape index (κ3) is 6.20. The van der Waals surface area contributed by atoms with Crippen LogP contribution in [0.3, 0.4) is 0 Å². The van der Waals surface area contributed by atoms with Crippen molar-refractivity contribution in [1.82, 2.24) is 0 Å². The van der Waals surface area contributed by atoms with Crippen LogP contribution >= 0.6 is 0 Å². The molecule has 2 aromatic rings. The lowest BCUT2D eigenvalue weighted by atomic mass is 9.77. The standard InChI is InChI=1S/C25H29F5O/c1-2-3-4-5-6-17-7-9-18(10-8-17)19-11-13-21(14-12-19)31-25(29,30)20-15-22(26)24(28)23(27)16-20/h11-18H,2-10H2,1H3. The predicted octanol–water partition coefficient (Wildman–Crippen LogP) is 8.48. The van der Waals surface area contributed by atoms with E-state index in [-0.39, 0.29) is 17.9 Å². The lowest BCUT2D eigenvalue weighted by molar-refractivity contribution is -0.185. The Balaban J connectivity index is 1.56. The van der Waals surface area contributed by atoms with Crippen molar-refractivity contribution in [2.24, 2.45) is 5.92 Å². The van der Waals surface area contributed by atoms with Gasteiger partial charge in [0.2, 0.25) is 0 Å². The molecule has 0 N–H and O–H groups in total. The normalized spacial score (nSPS) is 19.4. The van der Waals surface area contributed by atoms with E-state index in [1.807, 2.05) is 0 Å². The van der Waals surface area contributed by atoms with E-state index in [2.05, 4.69) is 11.7 Å². The third-order valence-corrected chi connectivity index (χ3v) is 6.23. The summed E-state index contributed by atoms with van der Waals surface area (Å²) in [6.07, 6.45) is 7.00. The molecule has 0 saturated heterocycles. The van der Waals surface area contributed by atoms with Crippen LogP contribution in [0.5, 0.6) is 5.75 Å². The minimum Gasteiger partial charge on any atom is -0.429 e. The van der Waals surface area contributed by atoms with Gasteiger partial charge in [0.25, 0.3) is 0 Å². The third-order valence-electron chi connectivity index (χ3n) is 6.23. The summed E-state index contributed by atoms with van der Waals surface area (Å²) in [5, 5.41) is 0. The monoisotopic (exact) mass is 440 g/mol. The zero-order chi connectivity index (χ0) is 22.4. The Kier molecular flexibility index (Phi) is 7.95. The zero-order valence-corrected chi connectivity index (χ0v) is 17.8. The molecule has 1 fully saturated rings. The Morgan fingerprint density at radius 2 is 1.48 bits per heavy atom. The number of rotatable bonds is 9. The molecule has 3 rings (SSSR count). The largest absolute Gasteiger partial charge is 0.429 e. The predicted molar refractivity (Wildman–Crippen MR) is 111 cm³/mol. The van der Waals surface area contributed by atoms with E-state index in [0.717, 1.165) is 24.3 Å². The number of ether oxygens (including phenoxy) is 1. The Morgan fingerprint density at radius 3 is 2.06 bits per heavy atom. The van der Waals surface area contributed by atoms with Gasteiger partial charge in [0.05, 0.1) is 5.56 Å². The zero-order valence-electron chi connectivity index (χ0n) is 17.8. The van der Waals surface area contributed by atoms with Crippen molar-refractivity contribution in [1.29, 1.82) is 0 Å². The molecule has 0 atom stereocenters. The molecular weight excluding hydrogens is 411 g/mol. The van der Waals surface area contributed by atoms with Crippen molar-refractivity contribution in [2.45, 2.75) is 76.7 Å². The summed E-state index contributed by atoms with van der Waals surface area (Å²) >= 11 is 0.